The predicted octanol–water partition coefficient (Wildman–Crippen LogP) is -0.831. The Morgan fingerprint density at radius 2 is 2.04 bits per heavy atom. The third-order valence-electron chi connectivity index (χ3n) is 3.89. The number of furan rings is 1. The van der Waals surface area contributed by atoms with Crippen molar-refractivity contribution in [3.05, 3.63) is 18.2 Å². The largest absolute Gasteiger partial charge is 0.458 e. The van der Waals surface area contributed by atoms with Crippen LogP contribution in [0.2, 0.25) is 0 Å². The van der Waals surface area contributed by atoms with Crippen LogP contribution in [0.1, 0.15) is 18.6 Å². The molecule has 1 unspecified atom stereocenters. The molecule has 3 heterocycles. The Morgan fingerprint density at radius 3 is 2.70 bits per heavy atom. The molecule has 23 heavy (non-hydrogen) atoms. The lowest BCUT2D eigenvalue weighted by Crippen LogP contribution is -2.32. The highest BCUT2D eigenvalue weighted by atomic mass is 16.6. The van der Waals surface area contributed by atoms with Gasteiger partial charge >= 0.3 is 0 Å². The first kappa shape index (κ1) is 16.1. The van der Waals surface area contributed by atoms with Crippen molar-refractivity contribution in [2.75, 3.05) is 18.5 Å². The second kappa shape index (κ2) is 6.38. The van der Waals surface area contributed by atoms with Crippen LogP contribution in [0.25, 0.3) is 11.1 Å². The van der Waals surface area contributed by atoms with Gasteiger partial charge in [0.25, 0.3) is 0 Å². The normalized spacial score (nSPS) is 29.1. The van der Waals surface area contributed by atoms with Crippen molar-refractivity contribution >= 4 is 16.9 Å². The fourth-order valence-electron chi connectivity index (χ4n) is 2.61. The molecule has 0 radical (unpaired) electrons. The van der Waals surface area contributed by atoms with Gasteiger partial charge in [0.1, 0.15) is 36.3 Å². The number of fused-ring (bicyclic) bond motifs is 1. The lowest BCUT2D eigenvalue weighted by atomic mass is 10.0. The summed E-state index contributed by atoms with van der Waals surface area (Å²) in [5.74, 6) is 0.412. The fourth-order valence-corrected chi connectivity index (χ4v) is 2.61. The van der Waals surface area contributed by atoms with Gasteiger partial charge in [-0.15, -0.1) is 0 Å². The Balaban J connectivity index is 1.96. The van der Waals surface area contributed by atoms with Gasteiger partial charge in [-0.2, -0.15) is 0 Å². The van der Waals surface area contributed by atoms with Gasteiger partial charge in [-0.1, -0.05) is 0 Å². The summed E-state index contributed by atoms with van der Waals surface area (Å²) in [6.45, 7) is 1.30. The van der Waals surface area contributed by atoms with Crippen molar-refractivity contribution in [1.29, 1.82) is 0 Å². The van der Waals surface area contributed by atoms with E-state index in [1.807, 2.05) is 0 Å². The third-order valence-corrected chi connectivity index (χ3v) is 3.89. The molecule has 1 fully saturated rings. The van der Waals surface area contributed by atoms with Crippen LogP contribution in [-0.2, 0) is 4.74 Å². The number of anilines is 1. The van der Waals surface area contributed by atoms with E-state index in [1.165, 1.54) is 12.6 Å². The van der Waals surface area contributed by atoms with Crippen LogP contribution in [-0.4, -0.2) is 68.0 Å². The molecule has 5 atom stereocenters. The Labute approximate surface area is 131 Å². The van der Waals surface area contributed by atoms with Crippen molar-refractivity contribution in [2.45, 2.75) is 37.4 Å². The number of hydrogen-bond acceptors (Lipinski definition) is 9. The molecule has 0 bridgehead atoms. The topological polar surface area (TPSA) is 141 Å². The summed E-state index contributed by atoms with van der Waals surface area (Å²) >= 11 is 0. The minimum absolute atomic E-state index is 0.0755. The zero-order valence-electron chi connectivity index (χ0n) is 12.5. The van der Waals surface area contributed by atoms with Crippen molar-refractivity contribution in [2.24, 2.45) is 0 Å². The molecule has 5 N–H and O–H groups in total. The van der Waals surface area contributed by atoms with E-state index in [0.29, 0.717) is 22.5 Å². The minimum Gasteiger partial charge on any atom is -0.458 e. The Bertz CT molecular complexity index is 678. The van der Waals surface area contributed by atoms with E-state index in [4.69, 9.17) is 14.3 Å². The highest BCUT2D eigenvalue weighted by molar-refractivity contribution is 5.86. The second-order valence-corrected chi connectivity index (χ2v) is 5.58. The van der Waals surface area contributed by atoms with E-state index in [-0.39, 0.29) is 12.6 Å². The molecule has 1 aliphatic rings. The summed E-state index contributed by atoms with van der Waals surface area (Å²) in [7, 11) is 0. The third kappa shape index (κ3) is 2.77. The molecular weight excluding hydrogens is 306 g/mol. The number of ether oxygens (including phenoxy) is 1. The predicted molar refractivity (Wildman–Crippen MR) is 78.7 cm³/mol. The van der Waals surface area contributed by atoms with Crippen molar-refractivity contribution in [1.82, 2.24) is 9.97 Å². The maximum atomic E-state index is 10.1. The maximum absolute atomic E-state index is 10.1. The summed E-state index contributed by atoms with van der Waals surface area (Å²) in [6.07, 6.45) is -1.40. The van der Waals surface area contributed by atoms with Gasteiger partial charge in [0, 0.05) is 11.6 Å². The van der Waals surface area contributed by atoms with Gasteiger partial charge in [-0.05, 0) is 6.92 Å². The van der Waals surface area contributed by atoms with Crippen LogP contribution in [0.15, 0.2) is 17.0 Å². The van der Waals surface area contributed by atoms with Crippen LogP contribution >= 0.6 is 0 Å². The van der Waals surface area contributed by atoms with Crippen LogP contribution < -0.4 is 5.32 Å². The van der Waals surface area contributed by atoms with E-state index >= 15 is 0 Å². The van der Waals surface area contributed by atoms with Gasteiger partial charge in [0.2, 0.25) is 0 Å². The van der Waals surface area contributed by atoms with Gasteiger partial charge < -0.3 is 34.9 Å². The average Bonchev–Trinajstić information content (AvgIpc) is 3.10. The van der Waals surface area contributed by atoms with E-state index < -0.39 is 31.0 Å². The first-order valence-corrected chi connectivity index (χ1v) is 7.28. The fraction of sp³-hybridized carbons (Fsp3) is 0.571. The van der Waals surface area contributed by atoms with Crippen molar-refractivity contribution < 1.29 is 29.6 Å². The van der Waals surface area contributed by atoms with E-state index in [1.54, 1.807) is 6.92 Å². The highest BCUT2D eigenvalue weighted by Crippen LogP contribution is 2.38. The highest BCUT2D eigenvalue weighted by Gasteiger charge is 2.44. The van der Waals surface area contributed by atoms with Gasteiger partial charge in [-0.25, -0.2) is 9.97 Å². The zero-order valence-corrected chi connectivity index (χ0v) is 12.5. The summed E-state index contributed by atoms with van der Waals surface area (Å²) in [6, 6.07) is -0.226. The SMILES string of the molecule is CC(CO)Nc1ncnc2c([C@@H]3O[C@H](CO)[C@@H](O)[C@H]3O)coc12. The molecule has 0 aromatic carbocycles. The standard InChI is InChI=1S/C14H19N3O6/c1-6(2-18)17-14-13-9(15-5-16-14)7(4-22-13)12-11(21)10(20)8(3-19)23-12/h4-6,8,10-12,18-21H,2-3H2,1H3,(H,15,16,17)/t6?,8-,10-,11-,12+/m1/s1. The van der Waals surface area contributed by atoms with Crippen LogP contribution in [0.5, 0.6) is 0 Å². The number of nitrogens with zero attached hydrogens (tertiary/aromatic N) is 2. The second-order valence-electron chi connectivity index (χ2n) is 5.58. The smallest absolute Gasteiger partial charge is 0.194 e. The average molecular weight is 325 g/mol. The first-order chi connectivity index (χ1) is 11.1. The maximum Gasteiger partial charge on any atom is 0.194 e. The quantitative estimate of drug-likeness (QED) is 0.476. The Morgan fingerprint density at radius 1 is 1.26 bits per heavy atom. The van der Waals surface area contributed by atoms with Crippen LogP contribution in [0.4, 0.5) is 5.82 Å². The Kier molecular flexibility index (Phi) is 4.46. The summed E-state index contributed by atoms with van der Waals surface area (Å²) < 4.78 is 11.0. The summed E-state index contributed by atoms with van der Waals surface area (Å²) in [5.41, 5.74) is 1.26. The lowest BCUT2D eigenvalue weighted by Gasteiger charge is -2.13. The molecule has 126 valence electrons. The minimum atomic E-state index is -1.20. The molecule has 3 rings (SSSR count). The van der Waals surface area contributed by atoms with E-state index in [0.717, 1.165) is 0 Å². The molecule has 2 aromatic rings. The molecule has 1 saturated heterocycles. The first-order valence-electron chi connectivity index (χ1n) is 7.28. The Hall–Kier alpha value is -1.78. The molecule has 0 saturated carbocycles. The van der Waals surface area contributed by atoms with Crippen LogP contribution in [0, 0.1) is 0 Å². The van der Waals surface area contributed by atoms with Crippen molar-refractivity contribution in [3.63, 3.8) is 0 Å². The van der Waals surface area contributed by atoms with Gasteiger partial charge in [0.15, 0.2) is 11.4 Å². The van der Waals surface area contributed by atoms with Gasteiger partial charge in [0.05, 0.1) is 19.5 Å². The molecule has 0 amide bonds. The summed E-state index contributed by atoms with van der Waals surface area (Å²) in [4.78, 5) is 8.23. The summed E-state index contributed by atoms with van der Waals surface area (Å²) in [5, 5.41) is 41.3. The number of aliphatic hydroxyl groups excluding tert-OH is 4. The molecule has 9 heteroatoms. The van der Waals surface area contributed by atoms with Crippen molar-refractivity contribution in [3.8, 4) is 0 Å². The number of aliphatic hydroxyl groups is 4. The van der Waals surface area contributed by atoms with E-state index in [9.17, 15) is 15.3 Å². The van der Waals surface area contributed by atoms with Crippen LogP contribution in [0.3, 0.4) is 0 Å². The molecule has 0 aliphatic carbocycles. The zero-order chi connectivity index (χ0) is 16.6. The number of aromatic nitrogens is 2. The molecule has 0 spiro atoms. The molecule has 1 aliphatic heterocycles. The molecule has 2 aromatic heterocycles. The number of hydrogen-bond donors (Lipinski definition) is 5. The molecular formula is C14H19N3O6. The number of nitrogens with one attached hydrogen (secondary N) is 1. The van der Waals surface area contributed by atoms with E-state index in [2.05, 4.69) is 15.3 Å². The molecule has 9 nitrogen and oxygen atoms in total. The van der Waals surface area contributed by atoms with Gasteiger partial charge in [-0.3, -0.25) is 0 Å². The monoisotopic (exact) mass is 325 g/mol. The lowest BCUT2D eigenvalue weighted by molar-refractivity contribution is -0.0226. The number of rotatable bonds is 5.